The predicted molar refractivity (Wildman–Crippen MR) is 149 cm³/mol. The number of hydrogen-bond acceptors (Lipinski definition) is 9. The zero-order valence-electron chi connectivity index (χ0n) is 21.0. The van der Waals surface area contributed by atoms with Crippen LogP contribution in [0.15, 0.2) is 110 Å². The molecule has 40 heavy (non-hydrogen) atoms. The van der Waals surface area contributed by atoms with E-state index < -0.39 is 0 Å². The highest BCUT2D eigenvalue weighted by molar-refractivity contribution is 5.85. The Bertz CT molecular complexity index is 1950. The first-order valence-corrected chi connectivity index (χ1v) is 11.9. The average molecular weight is 539 g/mol. The van der Waals surface area contributed by atoms with Crippen molar-refractivity contribution in [2.24, 2.45) is 0 Å². The highest BCUT2D eigenvalue weighted by atomic mass is 16.5. The van der Waals surface area contributed by atoms with Crippen LogP contribution in [0.5, 0.6) is 28.7 Å². The maximum Gasteiger partial charge on any atom is 0.200 e. The lowest BCUT2D eigenvalue weighted by atomic mass is 10.1. The molecular weight excluding hydrogens is 516 g/mol. The zero-order chi connectivity index (χ0) is 28.4. The minimum Gasteiger partial charge on any atom is -0.508 e. The van der Waals surface area contributed by atoms with Crippen LogP contribution in [0.3, 0.4) is 0 Å². The van der Waals surface area contributed by atoms with E-state index in [2.05, 4.69) is 0 Å². The van der Waals surface area contributed by atoms with Gasteiger partial charge in [0.1, 0.15) is 40.9 Å². The molecule has 0 saturated heterocycles. The lowest BCUT2D eigenvalue weighted by Gasteiger charge is -2.06. The number of fused-ring (bicyclic) bond motifs is 2. The predicted octanol–water partition coefficient (Wildman–Crippen LogP) is 5.75. The van der Waals surface area contributed by atoms with Gasteiger partial charge >= 0.3 is 0 Å². The zero-order valence-corrected chi connectivity index (χ0v) is 21.0. The SMILES string of the molecule is COc1cc2c(=O)c(-c3ccc(O)cc3)coc2cc1O.O=c1c(-c2ccc(O)cc2)coc2cc(O)ccc12. The van der Waals surface area contributed by atoms with Crippen molar-refractivity contribution in [1.82, 2.24) is 0 Å². The van der Waals surface area contributed by atoms with Crippen molar-refractivity contribution in [3.63, 3.8) is 0 Å². The van der Waals surface area contributed by atoms with Gasteiger partial charge in [-0.15, -0.1) is 0 Å². The fourth-order valence-electron chi connectivity index (χ4n) is 4.11. The van der Waals surface area contributed by atoms with E-state index >= 15 is 0 Å². The van der Waals surface area contributed by atoms with Crippen LogP contribution in [0, 0.1) is 0 Å². The maximum atomic E-state index is 12.5. The molecule has 0 spiro atoms. The standard InChI is InChI=1S/C16H12O5.C15H10O4/c1-20-15-6-11-14(7-13(15)18)21-8-12(16(11)19)9-2-4-10(17)5-3-9;16-10-3-1-9(2-4-10)13-8-19-14-7-11(17)5-6-12(14)15(13)18/h2-8,17-18H,1H3;1-8,16-17H. The maximum absolute atomic E-state index is 12.5. The number of rotatable bonds is 3. The van der Waals surface area contributed by atoms with Crippen LogP contribution in [0.2, 0.25) is 0 Å². The minimum atomic E-state index is -0.236. The Morgan fingerprint density at radius 1 is 0.575 bits per heavy atom. The first-order valence-electron chi connectivity index (χ1n) is 11.9. The van der Waals surface area contributed by atoms with Crippen LogP contribution in [0.25, 0.3) is 44.2 Å². The van der Waals surface area contributed by atoms with Crippen LogP contribution >= 0.6 is 0 Å². The normalized spacial score (nSPS) is 10.7. The van der Waals surface area contributed by atoms with E-state index in [1.54, 1.807) is 24.3 Å². The quantitative estimate of drug-likeness (QED) is 0.221. The van der Waals surface area contributed by atoms with Crippen molar-refractivity contribution in [1.29, 1.82) is 0 Å². The highest BCUT2D eigenvalue weighted by Gasteiger charge is 2.13. The van der Waals surface area contributed by atoms with Crippen LogP contribution in [0.1, 0.15) is 0 Å². The van der Waals surface area contributed by atoms with Crippen LogP contribution in [-0.2, 0) is 0 Å². The largest absolute Gasteiger partial charge is 0.508 e. The van der Waals surface area contributed by atoms with E-state index in [0.717, 1.165) is 0 Å². The molecule has 0 atom stereocenters. The molecule has 4 N–H and O–H groups in total. The Labute approximate surface area is 226 Å². The number of aromatic hydroxyl groups is 4. The molecule has 0 bridgehead atoms. The summed E-state index contributed by atoms with van der Waals surface area (Å²) < 4.78 is 15.8. The molecular formula is C31H22O9. The molecule has 0 unspecified atom stereocenters. The van der Waals surface area contributed by atoms with Crippen LogP contribution in [0.4, 0.5) is 0 Å². The topological polar surface area (TPSA) is 151 Å². The molecule has 200 valence electrons. The first kappa shape index (κ1) is 25.9. The molecule has 0 radical (unpaired) electrons. The summed E-state index contributed by atoms with van der Waals surface area (Å²) in [6, 6.07) is 19.7. The Hall–Kier alpha value is -5.70. The van der Waals surface area contributed by atoms with Crippen molar-refractivity contribution in [2.75, 3.05) is 7.11 Å². The second-order valence-electron chi connectivity index (χ2n) is 8.75. The summed E-state index contributed by atoms with van der Waals surface area (Å²) in [5.74, 6) is 0.422. The minimum absolute atomic E-state index is 0.0491. The van der Waals surface area contributed by atoms with Crippen molar-refractivity contribution in [3.8, 4) is 51.0 Å². The molecule has 0 amide bonds. The summed E-state index contributed by atoms with van der Waals surface area (Å²) in [5.41, 5.74) is 2.30. The molecule has 0 aliphatic carbocycles. The van der Waals surface area contributed by atoms with Gasteiger partial charge in [-0.2, -0.15) is 0 Å². The van der Waals surface area contributed by atoms with Gasteiger partial charge in [-0.05, 0) is 53.6 Å². The van der Waals surface area contributed by atoms with Crippen LogP contribution < -0.4 is 15.6 Å². The van der Waals surface area contributed by atoms with E-state index in [4.69, 9.17) is 13.6 Å². The molecule has 2 aromatic heterocycles. The molecule has 9 heteroatoms. The van der Waals surface area contributed by atoms with E-state index in [0.29, 0.717) is 38.6 Å². The third kappa shape index (κ3) is 5.03. The van der Waals surface area contributed by atoms with Gasteiger partial charge in [0.25, 0.3) is 0 Å². The summed E-state index contributed by atoms with van der Waals surface area (Å²) in [6.45, 7) is 0. The summed E-state index contributed by atoms with van der Waals surface area (Å²) in [4.78, 5) is 24.9. The van der Waals surface area contributed by atoms with Crippen molar-refractivity contribution in [3.05, 3.63) is 112 Å². The van der Waals surface area contributed by atoms with Gasteiger partial charge in [-0.1, -0.05) is 24.3 Å². The van der Waals surface area contributed by atoms with E-state index in [1.165, 1.54) is 74.2 Å². The number of hydrogen-bond donors (Lipinski definition) is 4. The van der Waals surface area contributed by atoms with Crippen molar-refractivity contribution in [2.45, 2.75) is 0 Å². The highest BCUT2D eigenvalue weighted by Crippen LogP contribution is 2.31. The summed E-state index contributed by atoms with van der Waals surface area (Å²) in [7, 11) is 1.41. The molecule has 6 rings (SSSR count). The van der Waals surface area contributed by atoms with Gasteiger partial charge in [0.15, 0.2) is 16.9 Å². The number of benzene rings is 4. The van der Waals surface area contributed by atoms with Gasteiger partial charge in [-0.25, -0.2) is 0 Å². The fraction of sp³-hybridized carbons (Fsp3) is 0.0323. The average Bonchev–Trinajstić information content (AvgIpc) is 2.95. The number of methoxy groups -OCH3 is 1. The Morgan fingerprint density at radius 2 is 1.05 bits per heavy atom. The van der Waals surface area contributed by atoms with Crippen molar-refractivity contribution < 1.29 is 34.0 Å². The van der Waals surface area contributed by atoms with E-state index in [-0.39, 0.29) is 45.2 Å². The second kappa shape index (κ2) is 10.6. The summed E-state index contributed by atoms with van der Waals surface area (Å²) in [5, 5.41) is 38.3. The third-order valence-electron chi connectivity index (χ3n) is 6.19. The monoisotopic (exact) mass is 538 g/mol. The molecule has 0 fully saturated rings. The fourth-order valence-corrected chi connectivity index (χ4v) is 4.11. The molecule has 2 heterocycles. The van der Waals surface area contributed by atoms with E-state index in [1.807, 2.05) is 0 Å². The molecule has 6 aromatic rings. The van der Waals surface area contributed by atoms with Gasteiger partial charge in [0.05, 0.1) is 29.0 Å². The number of ether oxygens (including phenoxy) is 1. The van der Waals surface area contributed by atoms with E-state index in [9.17, 15) is 30.0 Å². The molecule has 0 aliphatic heterocycles. The second-order valence-corrected chi connectivity index (χ2v) is 8.75. The van der Waals surface area contributed by atoms with Gasteiger partial charge in [0, 0.05) is 12.1 Å². The first-order chi connectivity index (χ1) is 19.2. The molecule has 4 aromatic carbocycles. The third-order valence-corrected chi connectivity index (χ3v) is 6.19. The van der Waals surface area contributed by atoms with Gasteiger partial charge in [0.2, 0.25) is 5.43 Å². The molecule has 0 saturated carbocycles. The van der Waals surface area contributed by atoms with Crippen molar-refractivity contribution >= 4 is 21.9 Å². The molecule has 9 nitrogen and oxygen atoms in total. The molecule has 0 aliphatic rings. The summed E-state index contributed by atoms with van der Waals surface area (Å²) >= 11 is 0. The smallest absolute Gasteiger partial charge is 0.200 e. The van der Waals surface area contributed by atoms with Crippen LogP contribution in [-0.4, -0.2) is 27.5 Å². The van der Waals surface area contributed by atoms with Gasteiger partial charge in [-0.3, -0.25) is 9.59 Å². The Morgan fingerprint density at radius 3 is 1.57 bits per heavy atom. The Balaban J connectivity index is 0.000000162. The van der Waals surface area contributed by atoms with Gasteiger partial charge < -0.3 is 34.0 Å². The number of phenols is 4. The summed E-state index contributed by atoms with van der Waals surface area (Å²) in [6.07, 6.45) is 2.69. The number of phenolic OH excluding ortho intramolecular Hbond substituents is 4. The lowest BCUT2D eigenvalue weighted by Crippen LogP contribution is -2.05. The lowest BCUT2D eigenvalue weighted by molar-refractivity contribution is 0.373. The Kier molecular flexibility index (Phi) is 6.86.